The minimum Gasteiger partial charge on any atom is -0.394 e. The number of aromatic nitrogens is 5. The minimum atomic E-state index is -2.70. The Balaban J connectivity index is 1.70. The number of aliphatic hydroxyl groups excluding tert-OH is 1. The fraction of sp³-hybridized carbons (Fsp3) is 0.238. The van der Waals surface area contributed by atoms with Crippen LogP contribution >= 0.6 is 0 Å². The molecule has 4 aromatic rings. The van der Waals surface area contributed by atoms with Gasteiger partial charge in [0.25, 0.3) is 0 Å². The van der Waals surface area contributed by atoms with Gasteiger partial charge in [0.05, 0.1) is 31.1 Å². The highest BCUT2D eigenvalue weighted by Crippen LogP contribution is 2.26. The maximum absolute atomic E-state index is 14.2. The van der Waals surface area contributed by atoms with Gasteiger partial charge in [-0.3, -0.25) is 4.68 Å². The van der Waals surface area contributed by atoms with Crippen LogP contribution in [0.2, 0.25) is 0 Å². The molecule has 0 saturated heterocycles. The molecule has 0 spiro atoms. The second kappa shape index (κ2) is 9.77. The first kappa shape index (κ1) is 22.4. The van der Waals surface area contributed by atoms with Gasteiger partial charge < -0.3 is 14.9 Å². The molecule has 0 bridgehead atoms. The molecule has 0 saturated carbocycles. The Morgan fingerprint density at radius 3 is 2.61 bits per heavy atom. The van der Waals surface area contributed by atoms with Gasteiger partial charge in [0, 0.05) is 18.1 Å². The second-order valence-corrected chi connectivity index (χ2v) is 7.09. The highest BCUT2D eigenvalue weighted by atomic mass is 19.3. The van der Waals surface area contributed by atoms with E-state index < -0.39 is 37.1 Å². The van der Waals surface area contributed by atoms with Gasteiger partial charge in [-0.05, 0) is 12.1 Å². The Morgan fingerprint density at radius 1 is 1.09 bits per heavy atom. The summed E-state index contributed by atoms with van der Waals surface area (Å²) in [5, 5.41) is 20.1. The van der Waals surface area contributed by atoms with E-state index in [9.17, 15) is 22.7 Å². The molecule has 4 rings (SSSR count). The Hall–Kier alpha value is -3.80. The topological polar surface area (TPSA) is 102 Å². The normalized spacial score (nSPS) is 12.3. The molecule has 2 N–H and O–H groups in total. The van der Waals surface area contributed by atoms with Gasteiger partial charge in [-0.2, -0.15) is 5.10 Å². The predicted molar refractivity (Wildman–Crippen MR) is 109 cm³/mol. The third kappa shape index (κ3) is 5.17. The van der Waals surface area contributed by atoms with E-state index in [1.807, 2.05) is 0 Å². The lowest BCUT2D eigenvalue weighted by Crippen LogP contribution is -2.27. The van der Waals surface area contributed by atoms with Crippen molar-refractivity contribution in [2.75, 3.05) is 11.9 Å². The molecule has 1 aromatic carbocycles. The van der Waals surface area contributed by atoms with Crippen LogP contribution in [0.15, 0.2) is 53.4 Å². The average Bonchev–Trinajstić information content (AvgIpc) is 3.46. The zero-order chi connectivity index (χ0) is 23.4. The van der Waals surface area contributed by atoms with Crippen molar-refractivity contribution in [3.63, 3.8) is 0 Å². The summed E-state index contributed by atoms with van der Waals surface area (Å²) < 4.78 is 60.1. The maximum Gasteiger partial charge on any atom is 0.240 e. The molecule has 0 aliphatic carbocycles. The lowest BCUT2D eigenvalue weighted by molar-refractivity contribution is 0.118. The molecule has 3 heterocycles. The third-order valence-corrected chi connectivity index (χ3v) is 4.76. The Kier molecular flexibility index (Phi) is 6.63. The van der Waals surface area contributed by atoms with E-state index in [4.69, 9.17) is 4.52 Å². The maximum atomic E-state index is 14.2. The minimum absolute atomic E-state index is 0.00957. The summed E-state index contributed by atoms with van der Waals surface area (Å²) in [6, 6.07) is 8.25. The van der Waals surface area contributed by atoms with Crippen LogP contribution in [-0.2, 0) is 6.54 Å². The van der Waals surface area contributed by atoms with Crippen molar-refractivity contribution in [3.8, 4) is 22.9 Å². The van der Waals surface area contributed by atoms with Crippen LogP contribution in [0.3, 0.4) is 0 Å². The molecule has 1 unspecified atom stereocenters. The molecule has 0 amide bonds. The van der Waals surface area contributed by atoms with E-state index in [1.54, 1.807) is 30.3 Å². The van der Waals surface area contributed by atoms with Crippen molar-refractivity contribution >= 4 is 5.82 Å². The van der Waals surface area contributed by atoms with Gasteiger partial charge in [0.15, 0.2) is 17.5 Å². The number of benzene rings is 1. The standard InChI is InChI=1S/C21H18F4N6O2/c22-14-4-2-1-3-12(14)10-31-18(16-5-6-33-30-16)8-17(29-31)21-26-9-15(23)20(28-21)27-13(11-32)7-19(24)25/h1-6,8-9,13,19,32H,7,10-11H2,(H,26,27,28). The number of hydrogen-bond donors (Lipinski definition) is 2. The van der Waals surface area contributed by atoms with Gasteiger partial charge in [-0.25, -0.2) is 27.5 Å². The Morgan fingerprint density at radius 2 is 1.91 bits per heavy atom. The fourth-order valence-corrected chi connectivity index (χ4v) is 3.16. The SMILES string of the molecule is OCC(CC(F)F)Nc1nc(-c2cc(-c3ccon3)n(Cc3ccccc3F)n2)ncc1F. The van der Waals surface area contributed by atoms with Crippen molar-refractivity contribution in [3.05, 3.63) is 66.1 Å². The quantitative estimate of drug-likeness (QED) is 0.365. The molecule has 0 aliphatic rings. The van der Waals surface area contributed by atoms with E-state index in [-0.39, 0.29) is 23.9 Å². The van der Waals surface area contributed by atoms with Gasteiger partial charge in [0.2, 0.25) is 6.43 Å². The van der Waals surface area contributed by atoms with Crippen LogP contribution in [0.1, 0.15) is 12.0 Å². The molecule has 8 nitrogen and oxygen atoms in total. The predicted octanol–water partition coefficient (Wildman–Crippen LogP) is 3.75. The van der Waals surface area contributed by atoms with Crippen LogP contribution in [0.25, 0.3) is 22.9 Å². The summed E-state index contributed by atoms with van der Waals surface area (Å²) in [6.45, 7) is -0.584. The number of alkyl halides is 2. The lowest BCUT2D eigenvalue weighted by Gasteiger charge is -2.16. The monoisotopic (exact) mass is 462 g/mol. The molecule has 172 valence electrons. The zero-order valence-corrected chi connectivity index (χ0v) is 17.0. The fourth-order valence-electron chi connectivity index (χ4n) is 3.16. The summed E-state index contributed by atoms with van der Waals surface area (Å²) in [5.41, 5.74) is 1.47. The van der Waals surface area contributed by atoms with Gasteiger partial charge in [-0.1, -0.05) is 23.4 Å². The molecule has 0 fully saturated rings. The molecule has 0 radical (unpaired) electrons. The van der Waals surface area contributed by atoms with E-state index in [0.29, 0.717) is 17.0 Å². The van der Waals surface area contributed by atoms with Crippen molar-refractivity contribution in [1.29, 1.82) is 0 Å². The summed E-state index contributed by atoms with van der Waals surface area (Å²) >= 11 is 0. The first-order chi connectivity index (χ1) is 15.9. The van der Waals surface area contributed by atoms with E-state index in [0.717, 1.165) is 6.20 Å². The van der Waals surface area contributed by atoms with Crippen LogP contribution in [-0.4, -0.2) is 49.1 Å². The molecule has 3 aromatic heterocycles. The number of hydrogen-bond acceptors (Lipinski definition) is 7. The number of aliphatic hydroxyl groups is 1. The van der Waals surface area contributed by atoms with Crippen LogP contribution in [0, 0.1) is 11.6 Å². The molecule has 33 heavy (non-hydrogen) atoms. The van der Waals surface area contributed by atoms with E-state index >= 15 is 0 Å². The van der Waals surface area contributed by atoms with Gasteiger partial charge >= 0.3 is 0 Å². The number of nitrogens with zero attached hydrogens (tertiary/aromatic N) is 5. The Labute approximate surface area is 184 Å². The number of nitrogens with one attached hydrogen (secondary N) is 1. The van der Waals surface area contributed by atoms with Crippen molar-refractivity contribution in [1.82, 2.24) is 24.9 Å². The first-order valence-electron chi connectivity index (χ1n) is 9.85. The average molecular weight is 462 g/mol. The van der Waals surface area contributed by atoms with Crippen LogP contribution in [0.5, 0.6) is 0 Å². The summed E-state index contributed by atoms with van der Waals surface area (Å²) in [4.78, 5) is 7.98. The van der Waals surface area contributed by atoms with E-state index in [1.165, 1.54) is 17.0 Å². The van der Waals surface area contributed by atoms with Crippen LogP contribution in [0.4, 0.5) is 23.4 Å². The van der Waals surface area contributed by atoms with Gasteiger partial charge in [-0.15, -0.1) is 0 Å². The number of anilines is 1. The molecular weight excluding hydrogens is 444 g/mol. The van der Waals surface area contributed by atoms with E-state index in [2.05, 4.69) is 25.5 Å². The molecule has 1 atom stereocenters. The Bertz CT molecular complexity index is 1220. The van der Waals surface area contributed by atoms with Crippen molar-refractivity contribution < 1.29 is 27.2 Å². The summed E-state index contributed by atoms with van der Waals surface area (Å²) in [6.07, 6.45) is -1.15. The highest BCUT2D eigenvalue weighted by Gasteiger charge is 2.20. The second-order valence-electron chi connectivity index (χ2n) is 7.09. The first-order valence-corrected chi connectivity index (χ1v) is 9.85. The highest BCUT2D eigenvalue weighted by molar-refractivity contribution is 5.63. The summed E-state index contributed by atoms with van der Waals surface area (Å²) in [5.74, 6) is -1.66. The third-order valence-electron chi connectivity index (χ3n) is 4.76. The van der Waals surface area contributed by atoms with Crippen LogP contribution < -0.4 is 5.32 Å². The summed E-state index contributed by atoms with van der Waals surface area (Å²) in [7, 11) is 0. The zero-order valence-electron chi connectivity index (χ0n) is 17.0. The molecule has 0 aliphatic heterocycles. The lowest BCUT2D eigenvalue weighted by atomic mass is 10.2. The largest absolute Gasteiger partial charge is 0.394 e. The van der Waals surface area contributed by atoms with Crippen molar-refractivity contribution in [2.24, 2.45) is 0 Å². The smallest absolute Gasteiger partial charge is 0.240 e. The number of rotatable bonds is 9. The number of halogens is 4. The molecular formula is C21H18F4N6O2. The molecule has 12 heteroatoms. The van der Waals surface area contributed by atoms with Gasteiger partial charge in [0.1, 0.15) is 23.5 Å². The van der Waals surface area contributed by atoms with Crippen molar-refractivity contribution in [2.45, 2.75) is 25.4 Å².